The molecule has 1 heterocycles. The number of nitrogens with one attached hydrogen (secondary N) is 1. The number of hydrogen-bond acceptors (Lipinski definition) is 2. The number of rotatable bonds is 4. The molecule has 0 radical (unpaired) electrons. The third-order valence-corrected chi connectivity index (χ3v) is 4.11. The van der Waals surface area contributed by atoms with Crippen molar-refractivity contribution < 1.29 is 4.74 Å². The molecule has 5 heteroatoms. The zero-order chi connectivity index (χ0) is 16.1. The largest absolute Gasteiger partial charge is 0.380 e. The Labute approximate surface area is 160 Å². The van der Waals surface area contributed by atoms with Crippen LogP contribution in [0.15, 0.2) is 53.5 Å². The molecule has 0 amide bonds. The molecular weight excluding hydrogens is 413 g/mol. The molecule has 0 aromatic heterocycles. The highest BCUT2D eigenvalue weighted by Gasteiger charge is 2.22. The summed E-state index contributed by atoms with van der Waals surface area (Å²) in [7, 11) is 3.56. The minimum atomic E-state index is 0. The molecule has 1 aliphatic heterocycles. The van der Waals surface area contributed by atoms with Crippen LogP contribution in [0.5, 0.6) is 0 Å². The smallest absolute Gasteiger partial charge is 0.198 e. The Kier molecular flexibility index (Phi) is 7.05. The number of hydrogen-bond donors (Lipinski definition) is 1. The number of benzene rings is 2. The molecule has 0 saturated heterocycles. The van der Waals surface area contributed by atoms with Crippen molar-refractivity contribution in [3.63, 3.8) is 0 Å². The summed E-state index contributed by atoms with van der Waals surface area (Å²) < 4.78 is 5.20. The Balaban J connectivity index is 0.00000208. The fourth-order valence-corrected chi connectivity index (χ4v) is 3.03. The summed E-state index contributed by atoms with van der Waals surface area (Å²) in [6.07, 6.45) is 1.07. The van der Waals surface area contributed by atoms with Crippen LogP contribution >= 0.6 is 24.0 Å². The molecule has 4 nitrogen and oxygen atoms in total. The van der Waals surface area contributed by atoms with Gasteiger partial charge in [-0.1, -0.05) is 42.5 Å². The van der Waals surface area contributed by atoms with E-state index in [0.717, 1.165) is 25.5 Å². The van der Waals surface area contributed by atoms with Gasteiger partial charge < -0.3 is 15.0 Å². The molecule has 0 unspecified atom stereocenters. The average Bonchev–Trinajstić information content (AvgIpc) is 3.00. The van der Waals surface area contributed by atoms with Crippen molar-refractivity contribution in [1.82, 2.24) is 5.32 Å². The van der Waals surface area contributed by atoms with Crippen molar-refractivity contribution in [3.05, 3.63) is 65.2 Å². The van der Waals surface area contributed by atoms with Crippen molar-refractivity contribution >= 4 is 35.6 Å². The summed E-state index contributed by atoms with van der Waals surface area (Å²) in [4.78, 5) is 6.71. The molecule has 2 aromatic rings. The fourth-order valence-electron chi connectivity index (χ4n) is 3.03. The van der Waals surface area contributed by atoms with Crippen LogP contribution in [-0.2, 0) is 24.3 Å². The van der Waals surface area contributed by atoms with Crippen molar-refractivity contribution in [2.75, 3.05) is 25.6 Å². The van der Waals surface area contributed by atoms with E-state index in [4.69, 9.17) is 4.74 Å². The highest BCUT2D eigenvalue weighted by atomic mass is 127. The lowest BCUT2D eigenvalue weighted by atomic mass is 10.1. The van der Waals surface area contributed by atoms with Gasteiger partial charge in [0.15, 0.2) is 5.96 Å². The van der Waals surface area contributed by atoms with E-state index in [1.54, 1.807) is 7.11 Å². The summed E-state index contributed by atoms with van der Waals surface area (Å²) in [6.45, 7) is 2.37. The SMILES string of the molecule is CN=C(NCc1cccc(COC)c1)N1CCc2ccccc21.I. The van der Waals surface area contributed by atoms with Crippen LogP contribution < -0.4 is 10.2 Å². The Morgan fingerprint density at radius 2 is 1.96 bits per heavy atom. The zero-order valence-corrected chi connectivity index (χ0v) is 16.5. The van der Waals surface area contributed by atoms with Gasteiger partial charge in [-0.15, -0.1) is 24.0 Å². The quantitative estimate of drug-likeness (QED) is 0.452. The molecule has 2 aromatic carbocycles. The number of halogens is 1. The van der Waals surface area contributed by atoms with E-state index in [9.17, 15) is 0 Å². The average molecular weight is 437 g/mol. The lowest BCUT2D eigenvalue weighted by Gasteiger charge is -2.22. The molecule has 0 fully saturated rings. The minimum Gasteiger partial charge on any atom is -0.380 e. The molecule has 1 aliphatic rings. The van der Waals surface area contributed by atoms with E-state index in [1.807, 2.05) is 7.05 Å². The topological polar surface area (TPSA) is 36.9 Å². The van der Waals surface area contributed by atoms with E-state index in [0.29, 0.717) is 6.61 Å². The number of guanidine groups is 1. The normalized spacial score (nSPS) is 13.4. The van der Waals surface area contributed by atoms with Gasteiger partial charge >= 0.3 is 0 Å². The van der Waals surface area contributed by atoms with Crippen LogP contribution in [-0.4, -0.2) is 26.7 Å². The van der Waals surface area contributed by atoms with Gasteiger partial charge in [0.2, 0.25) is 0 Å². The van der Waals surface area contributed by atoms with Crippen molar-refractivity contribution in [2.24, 2.45) is 4.99 Å². The Morgan fingerprint density at radius 1 is 1.17 bits per heavy atom. The van der Waals surface area contributed by atoms with E-state index in [2.05, 4.69) is 63.7 Å². The summed E-state index contributed by atoms with van der Waals surface area (Å²) in [5.41, 5.74) is 5.06. The molecule has 0 aliphatic carbocycles. The summed E-state index contributed by atoms with van der Waals surface area (Å²) in [5.74, 6) is 0.923. The second-order valence-corrected chi connectivity index (χ2v) is 5.68. The Morgan fingerprint density at radius 3 is 2.75 bits per heavy atom. The third-order valence-electron chi connectivity index (χ3n) is 4.11. The summed E-state index contributed by atoms with van der Waals surface area (Å²) >= 11 is 0. The van der Waals surface area contributed by atoms with Crippen LogP contribution in [0.25, 0.3) is 0 Å². The summed E-state index contributed by atoms with van der Waals surface area (Å²) in [6, 6.07) is 17.0. The number of fused-ring (bicyclic) bond motifs is 1. The standard InChI is InChI=1S/C19H23N3O.HI/c1-20-19(22-11-10-17-8-3-4-9-18(17)22)21-13-15-6-5-7-16(12-15)14-23-2;/h3-9,12H,10-11,13-14H2,1-2H3,(H,20,21);1H. The maximum absolute atomic E-state index is 5.20. The number of anilines is 1. The van der Waals surface area contributed by atoms with Gasteiger partial charge in [-0.3, -0.25) is 4.99 Å². The molecule has 0 saturated carbocycles. The lowest BCUT2D eigenvalue weighted by Crippen LogP contribution is -2.40. The van der Waals surface area contributed by atoms with E-state index >= 15 is 0 Å². The first-order valence-electron chi connectivity index (χ1n) is 7.94. The number of ether oxygens (including phenoxy) is 1. The molecule has 0 bridgehead atoms. The Hall–Kier alpha value is -1.60. The van der Waals surface area contributed by atoms with Crippen molar-refractivity contribution in [1.29, 1.82) is 0 Å². The van der Waals surface area contributed by atoms with Crippen LogP contribution in [0.1, 0.15) is 16.7 Å². The van der Waals surface area contributed by atoms with Crippen LogP contribution in [0.2, 0.25) is 0 Å². The van der Waals surface area contributed by atoms with Crippen LogP contribution in [0.4, 0.5) is 5.69 Å². The molecule has 0 spiro atoms. The molecule has 1 N–H and O–H groups in total. The number of methoxy groups -OCH3 is 1. The maximum Gasteiger partial charge on any atom is 0.198 e. The summed E-state index contributed by atoms with van der Waals surface area (Å²) in [5, 5.41) is 3.47. The van der Waals surface area contributed by atoms with Crippen LogP contribution in [0, 0.1) is 0 Å². The molecule has 24 heavy (non-hydrogen) atoms. The second kappa shape index (κ2) is 9.03. The molecule has 128 valence electrons. The number of aliphatic imine (C=N–C) groups is 1. The molecule has 3 rings (SSSR count). The van der Waals surface area contributed by atoms with E-state index in [1.165, 1.54) is 22.4 Å². The highest BCUT2D eigenvalue weighted by molar-refractivity contribution is 14.0. The first-order valence-corrected chi connectivity index (χ1v) is 7.94. The van der Waals surface area contributed by atoms with Gasteiger partial charge in [0.1, 0.15) is 0 Å². The van der Waals surface area contributed by atoms with Gasteiger partial charge in [0, 0.05) is 32.9 Å². The third kappa shape index (κ3) is 4.27. The predicted molar refractivity (Wildman–Crippen MR) is 110 cm³/mol. The predicted octanol–water partition coefficient (Wildman–Crippen LogP) is 3.59. The highest BCUT2D eigenvalue weighted by Crippen LogP contribution is 2.27. The fraction of sp³-hybridized carbons (Fsp3) is 0.316. The van der Waals surface area contributed by atoms with Gasteiger partial charge in [-0.05, 0) is 29.2 Å². The van der Waals surface area contributed by atoms with E-state index in [-0.39, 0.29) is 24.0 Å². The zero-order valence-electron chi connectivity index (χ0n) is 14.2. The number of nitrogens with zero attached hydrogens (tertiary/aromatic N) is 2. The van der Waals surface area contributed by atoms with Gasteiger partial charge in [-0.2, -0.15) is 0 Å². The van der Waals surface area contributed by atoms with Crippen LogP contribution in [0.3, 0.4) is 0 Å². The first kappa shape index (κ1) is 18.7. The lowest BCUT2D eigenvalue weighted by molar-refractivity contribution is 0.185. The first-order chi connectivity index (χ1) is 11.3. The van der Waals surface area contributed by atoms with Gasteiger partial charge in [0.25, 0.3) is 0 Å². The monoisotopic (exact) mass is 437 g/mol. The molecular formula is C19H24IN3O. The van der Waals surface area contributed by atoms with E-state index < -0.39 is 0 Å². The second-order valence-electron chi connectivity index (χ2n) is 5.68. The Bertz CT molecular complexity index is 703. The molecule has 0 atom stereocenters. The van der Waals surface area contributed by atoms with Crippen molar-refractivity contribution in [3.8, 4) is 0 Å². The van der Waals surface area contributed by atoms with Gasteiger partial charge in [0.05, 0.1) is 6.61 Å². The minimum absolute atomic E-state index is 0. The van der Waals surface area contributed by atoms with Crippen molar-refractivity contribution in [2.45, 2.75) is 19.6 Å². The number of para-hydroxylation sites is 1. The maximum atomic E-state index is 5.20. The van der Waals surface area contributed by atoms with Gasteiger partial charge in [-0.25, -0.2) is 0 Å².